The van der Waals surface area contributed by atoms with Crippen LogP contribution in [0.1, 0.15) is 60.0 Å². The Morgan fingerprint density at radius 1 is 1.26 bits per heavy atom. The molecule has 0 unspecified atom stereocenters. The van der Waals surface area contributed by atoms with Gasteiger partial charge in [-0.05, 0) is 68.7 Å². The van der Waals surface area contributed by atoms with Gasteiger partial charge in [0.25, 0.3) is 0 Å². The molecule has 2 aliphatic carbocycles. The Balaban J connectivity index is 1.72. The molecule has 0 bridgehead atoms. The molecule has 0 N–H and O–H groups in total. The molecule has 0 spiro atoms. The lowest BCUT2D eigenvalue weighted by molar-refractivity contribution is 0.0524. The number of pyridine rings is 1. The van der Waals surface area contributed by atoms with E-state index in [1.165, 1.54) is 21.7 Å². The predicted molar refractivity (Wildman–Crippen MR) is 123 cm³/mol. The van der Waals surface area contributed by atoms with Crippen molar-refractivity contribution in [3.63, 3.8) is 0 Å². The van der Waals surface area contributed by atoms with E-state index >= 15 is 0 Å². The minimum atomic E-state index is -0.563. The normalized spacial score (nSPS) is 18.1. The number of aromatic nitrogens is 1. The lowest BCUT2D eigenvalue weighted by atomic mass is 9.90. The molecule has 5 rings (SSSR count). The molecule has 0 aliphatic heterocycles. The van der Waals surface area contributed by atoms with Crippen molar-refractivity contribution in [3.8, 4) is 16.2 Å². The predicted octanol–water partition coefficient (Wildman–Crippen LogP) is 5.38. The van der Waals surface area contributed by atoms with E-state index in [-0.39, 0.29) is 23.6 Å². The fraction of sp³-hybridized carbons (Fsp3) is 0.440. The van der Waals surface area contributed by atoms with Crippen molar-refractivity contribution in [2.75, 3.05) is 13.7 Å². The Morgan fingerprint density at radius 2 is 2.06 bits per heavy atom. The highest BCUT2D eigenvalue weighted by Gasteiger charge is 2.30. The molecule has 0 amide bonds. The zero-order chi connectivity index (χ0) is 21.7. The number of methoxy groups -OCH3 is 1. The van der Waals surface area contributed by atoms with Crippen LogP contribution >= 0.6 is 11.3 Å². The lowest BCUT2D eigenvalue weighted by Gasteiger charge is -2.17. The maximum Gasteiger partial charge on any atom is 0.343 e. The fourth-order valence-corrected chi connectivity index (χ4v) is 6.01. The van der Waals surface area contributed by atoms with Crippen LogP contribution in [0, 0.1) is 5.92 Å². The highest BCUT2D eigenvalue weighted by molar-refractivity contribution is 7.15. The molecule has 2 heterocycles. The van der Waals surface area contributed by atoms with Gasteiger partial charge in [0.2, 0.25) is 5.43 Å². The van der Waals surface area contributed by atoms with Crippen LogP contribution in [-0.2, 0) is 17.6 Å². The van der Waals surface area contributed by atoms with Crippen LogP contribution in [0.3, 0.4) is 0 Å². The van der Waals surface area contributed by atoms with Gasteiger partial charge in [-0.15, -0.1) is 11.3 Å². The number of esters is 1. The van der Waals surface area contributed by atoms with Gasteiger partial charge in [0.15, 0.2) is 5.75 Å². The fourth-order valence-electron chi connectivity index (χ4n) is 4.62. The summed E-state index contributed by atoms with van der Waals surface area (Å²) >= 11 is 1.84. The van der Waals surface area contributed by atoms with Gasteiger partial charge in [0.05, 0.1) is 24.6 Å². The molecular weight excluding hydrogens is 410 g/mol. The van der Waals surface area contributed by atoms with E-state index in [9.17, 15) is 9.59 Å². The average Bonchev–Trinajstić information content (AvgIpc) is 3.52. The summed E-state index contributed by atoms with van der Waals surface area (Å²) in [6.45, 7) is 4.30. The Hall–Kier alpha value is -2.60. The zero-order valence-electron chi connectivity index (χ0n) is 18.2. The van der Waals surface area contributed by atoms with Crippen LogP contribution < -0.4 is 10.2 Å². The summed E-state index contributed by atoms with van der Waals surface area (Å²) in [7, 11) is 1.66. The number of fused-ring (bicyclic) bond motifs is 2. The standard InChI is InChI=1S/C25H27NO4S/c1-4-30-25(28)19-13-26(16-7-8-16)22-18(23(19)27)10-9-17(24(22)29-3)21-12-15-6-5-14(2)11-20(15)31-21/h9-10,12-14,16H,4-8,11H2,1-3H3/t14-/m0/s1. The third kappa shape index (κ3) is 3.47. The number of hydrogen-bond acceptors (Lipinski definition) is 5. The molecule has 1 fully saturated rings. The van der Waals surface area contributed by atoms with Crippen molar-refractivity contribution < 1.29 is 14.3 Å². The number of hydrogen-bond donors (Lipinski definition) is 0. The minimum Gasteiger partial charge on any atom is -0.494 e. The molecule has 162 valence electrons. The van der Waals surface area contributed by atoms with Crippen molar-refractivity contribution >= 4 is 28.2 Å². The van der Waals surface area contributed by atoms with E-state index in [1.807, 2.05) is 23.5 Å². The minimum absolute atomic E-state index is 0.0941. The quantitative estimate of drug-likeness (QED) is 0.503. The Kier molecular flexibility index (Phi) is 5.13. The molecule has 0 radical (unpaired) electrons. The van der Waals surface area contributed by atoms with Gasteiger partial charge < -0.3 is 14.0 Å². The third-order valence-electron chi connectivity index (χ3n) is 6.39. The molecule has 5 nitrogen and oxygen atoms in total. The highest BCUT2D eigenvalue weighted by atomic mass is 32.1. The highest BCUT2D eigenvalue weighted by Crippen LogP contribution is 2.45. The maximum absolute atomic E-state index is 13.2. The number of nitrogens with zero attached hydrogens (tertiary/aromatic N) is 1. The van der Waals surface area contributed by atoms with Crippen molar-refractivity contribution in [3.05, 3.63) is 50.6 Å². The summed E-state index contributed by atoms with van der Waals surface area (Å²) < 4.78 is 13.1. The first-order valence-corrected chi connectivity index (χ1v) is 11.9. The first-order valence-electron chi connectivity index (χ1n) is 11.1. The van der Waals surface area contributed by atoms with Crippen LogP contribution in [0.5, 0.6) is 5.75 Å². The van der Waals surface area contributed by atoms with E-state index in [0.717, 1.165) is 42.7 Å². The maximum atomic E-state index is 13.2. The van der Waals surface area contributed by atoms with Gasteiger partial charge >= 0.3 is 5.97 Å². The largest absolute Gasteiger partial charge is 0.494 e. The van der Waals surface area contributed by atoms with Gasteiger partial charge in [-0.1, -0.05) is 6.92 Å². The van der Waals surface area contributed by atoms with Gasteiger partial charge in [-0.25, -0.2) is 4.79 Å². The van der Waals surface area contributed by atoms with Crippen molar-refractivity contribution in [2.24, 2.45) is 5.92 Å². The summed E-state index contributed by atoms with van der Waals surface area (Å²) in [5, 5.41) is 0.507. The van der Waals surface area contributed by atoms with Crippen LogP contribution in [0.25, 0.3) is 21.3 Å². The number of ether oxygens (including phenoxy) is 2. The number of benzene rings is 1. The summed E-state index contributed by atoms with van der Waals surface area (Å²) in [4.78, 5) is 28.3. The Bertz CT molecular complexity index is 1230. The number of rotatable bonds is 5. The zero-order valence-corrected chi connectivity index (χ0v) is 19.0. The van der Waals surface area contributed by atoms with Crippen molar-refractivity contribution in [1.29, 1.82) is 0 Å². The second-order valence-electron chi connectivity index (χ2n) is 8.68. The van der Waals surface area contributed by atoms with E-state index in [1.54, 1.807) is 20.2 Å². The number of aryl methyl sites for hydroxylation is 1. The lowest BCUT2D eigenvalue weighted by Crippen LogP contribution is -2.21. The van der Waals surface area contributed by atoms with Crippen LogP contribution in [-0.4, -0.2) is 24.3 Å². The Labute approximate surface area is 185 Å². The van der Waals surface area contributed by atoms with Gasteiger partial charge in [0, 0.05) is 27.6 Å². The smallest absolute Gasteiger partial charge is 0.343 e. The van der Waals surface area contributed by atoms with E-state index in [4.69, 9.17) is 9.47 Å². The third-order valence-corrected chi connectivity index (χ3v) is 7.62. The SMILES string of the molecule is CCOC(=O)c1cn(C2CC2)c2c(OC)c(-c3cc4c(s3)C[C@@H](C)CC4)ccc2c1=O. The summed E-state index contributed by atoms with van der Waals surface area (Å²) in [5.74, 6) is 0.870. The summed E-state index contributed by atoms with van der Waals surface area (Å²) in [6.07, 6.45) is 7.21. The van der Waals surface area contributed by atoms with Crippen LogP contribution in [0.4, 0.5) is 0 Å². The molecule has 1 saturated carbocycles. The van der Waals surface area contributed by atoms with Crippen LogP contribution in [0.2, 0.25) is 0 Å². The van der Waals surface area contributed by atoms with Crippen molar-refractivity contribution in [1.82, 2.24) is 4.57 Å². The molecule has 2 aliphatic rings. The molecule has 1 atom stereocenters. The van der Waals surface area contributed by atoms with Gasteiger partial charge in [0.1, 0.15) is 5.56 Å². The van der Waals surface area contributed by atoms with Crippen molar-refractivity contribution in [2.45, 2.75) is 52.0 Å². The molecule has 31 heavy (non-hydrogen) atoms. The average molecular weight is 438 g/mol. The summed E-state index contributed by atoms with van der Waals surface area (Å²) in [6, 6.07) is 6.38. The number of carbonyl (C=O) groups is 1. The number of carbonyl (C=O) groups excluding carboxylic acids is 1. The first-order chi connectivity index (χ1) is 15.0. The first kappa shape index (κ1) is 20.3. The molecule has 6 heteroatoms. The second-order valence-corrected chi connectivity index (χ2v) is 9.82. The Morgan fingerprint density at radius 3 is 2.77 bits per heavy atom. The summed E-state index contributed by atoms with van der Waals surface area (Å²) in [5.41, 5.74) is 3.03. The van der Waals surface area contributed by atoms with Gasteiger partial charge in [-0.2, -0.15) is 0 Å². The van der Waals surface area contributed by atoms with E-state index in [0.29, 0.717) is 11.1 Å². The topological polar surface area (TPSA) is 57.5 Å². The molecule has 3 aromatic rings. The van der Waals surface area contributed by atoms with Crippen LogP contribution in [0.15, 0.2) is 29.2 Å². The van der Waals surface area contributed by atoms with Gasteiger partial charge in [-0.3, -0.25) is 4.79 Å². The molecule has 0 saturated heterocycles. The molecule has 1 aromatic carbocycles. The number of thiophene rings is 1. The molecular formula is C25H27NO4S. The monoisotopic (exact) mass is 437 g/mol. The second kappa shape index (κ2) is 7.83. The van der Waals surface area contributed by atoms with E-state index < -0.39 is 5.97 Å². The molecule has 2 aromatic heterocycles. The van der Waals surface area contributed by atoms with E-state index in [2.05, 4.69) is 17.6 Å².